The second kappa shape index (κ2) is 7.35. The first-order valence-corrected chi connectivity index (χ1v) is 6.40. The molecule has 6 heteroatoms. The van der Waals surface area contributed by atoms with Crippen LogP contribution < -0.4 is 16.0 Å². The Bertz CT molecular complexity index is 446. The average Bonchev–Trinajstić information content (AvgIpc) is 2.40. The van der Waals surface area contributed by atoms with Gasteiger partial charge in [0.1, 0.15) is 5.69 Å². The van der Waals surface area contributed by atoms with Crippen LogP contribution >= 0.6 is 0 Å². The van der Waals surface area contributed by atoms with Crippen LogP contribution in [0.2, 0.25) is 0 Å². The van der Waals surface area contributed by atoms with E-state index in [1.165, 1.54) is 0 Å². The summed E-state index contributed by atoms with van der Waals surface area (Å²) in [4.78, 5) is 17.9. The third-order valence-corrected chi connectivity index (χ3v) is 2.71. The molecule has 0 bridgehead atoms. The van der Waals surface area contributed by atoms with Crippen LogP contribution in [0.25, 0.3) is 0 Å². The maximum Gasteiger partial charge on any atom is 0.269 e. The highest BCUT2D eigenvalue weighted by molar-refractivity contribution is 5.93. The standard InChI is InChI=1S/C13H21N5O/c1-3-16-13(19)11-9-10(5-7-17-11)18(4-2)8-6-12(14)15/h5,7,9H,3-4,6,8H2,1-2H3,(H3,14,15)(H,16,19). The van der Waals surface area contributed by atoms with Gasteiger partial charge >= 0.3 is 0 Å². The minimum atomic E-state index is -0.174. The Labute approximate surface area is 113 Å². The molecule has 1 rings (SSSR count). The van der Waals surface area contributed by atoms with Crippen molar-refractivity contribution in [1.82, 2.24) is 10.3 Å². The van der Waals surface area contributed by atoms with E-state index in [0.29, 0.717) is 25.2 Å². The monoisotopic (exact) mass is 263 g/mol. The van der Waals surface area contributed by atoms with E-state index in [1.807, 2.05) is 19.9 Å². The number of hydrogen-bond acceptors (Lipinski definition) is 4. The number of anilines is 1. The van der Waals surface area contributed by atoms with E-state index in [9.17, 15) is 4.79 Å². The van der Waals surface area contributed by atoms with E-state index in [2.05, 4.69) is 15.2 Å². The molecular weight excluding hydrogens is 242 g/mol. The van der Waals surface area contributed by atoms with Crippen molar-refractivity contribution < 1.29 is 4.79 Å². The lowest BCUT2D eigenvalue weighted by atomic mass is 10.2. The van der Waals surface area contributed by atoms with E-state index in [1.54, 1.807) is 12.3 Å². The van der Waals surface area contributed by atoms with Gasteiger partial charge in [-0.2, -0.15) is 0 Å². The minimum Gasteiger partial charge on any atom is -0.388 e. The fraction of sp³-hybridized carbons (Fsp3) is 0.462. The number of amidine groups is 1. The summed E-state index contributed by atoms with van der Waals surface area (Å²) < 4.78 is 0. The maximum atomic E-state index is 11.7. The predicted molar refractivity (Wildman–Crippen MR) is 76.7 cm³/mol. The number of nitrogens with one attached hydrogen (secondary N) is 2. The van der Waals surface area contributed by atoms with Crippen LogP contribution in [0.15, 0.2) is 18.3 Å². The first-order chi connectivity index (χ1) is 9.08. The van der Waals surface area contributed by atoms with E-state index in [-0.39, 0.29) is 11.7 Å². The number of amides is 1. The molecule has 6 nitrogen and oxygen atoms in total. The van der Waals surface area contributed by atoms with Crippen molar-refractivity contribution in [3.05, 3.63) is 24.0 Å². The number of aromatic nitrogens is 1. The number of carbonyl (C=O) groups is 1. The summed E-state index contributed by atoms with van der Waals surface area (Å²) in [5.74, 6) is -0.0107. The Kier molecular flexibility index (Phi) is 5.78. The molecule has 0 aliphatic heterocycles. The number of nitrogens with zero attached hydrogens (tertiary/aromatic N) is 2. The van der Waals surface area contributed by atoms with Crippen molar-refractivity contribution in [1.29, 1.82) is 5.41 Å². The molecular formula is C13H21N5O. The number of nitrogens with two attached hydrogens (primary N) is 1. The number of hydrogen-bond donors (Lipinski definition) is 3. The van der Waals surface area contributed by atoms with Gasteiger partial charge in [0.25, 0.3) is 5.91 Å². The largest absolute Gasteiger partial charge is 0.388 e. The lowest BCUT2D eigenvalue weighted by Gasteiger charge is -2.23. The summed E-state index contributed by atoms with van der Waals surface area (Å²) in [6, 6.07) is 3.61. The molecule has 0 aliphatic rings. The molecule has 4 N–H and O–H groups in total. The molecule has 0 fully saturated rings. The summed E-state index contributed by atoms with van der Waals surface area (Å²) in [5, 5.41) is 9.99. The Morgan fingerprint density at radius 1 is 1.53 bits per heavy atom. The van der Waals surface area contributed by atoms with Crippen molar-refractivity contribution >= 4 is 17.4 Å². The fourth-order valence-corrected chi connectivity index (χ4v) is 1.72. The van der Waals surface area contributed by atoms with Gasteiger partial charge in [0.05, 0.1) is 5.84 Å². The molecule has 1 aromatic rings. The van der Waals surface area contributed by atoms with Gasteiger partial charge in [-0.05, 0) is 26.0 Å². The smallest absolute Gasteiger partial charge is 0.269 e. The van der Waals surface area contributed by atoms with Gasteiger partial charge in [0.2, 0.25) is 0 Å². The van der Waals surface area contributed by atoms with Gasteiger partial charge in [-0.1, -0.05) is 0 Å². The summed E-state index contributed by atoms with van der Waals surface area (Å²) in [6.45, 7) is 5.91. The summed E-state index contributed by atoms with van der Waals surface area (Å²) in [7, 11) is 0. The van der Waals surface area contributed by atoms with E-state index in [4.69, 9.17) is 11.1 Å². The number of rotatable bonds is 7. The zero-order chi connectivity index (χ0) is 14.3. The van der Waals surface area contributed by atoms with E-state index >= 15 is 0 Å². The number of carbonyl (C=O) groups excluding carboxylic acids is 1. The van der Waals surface area contributed by atoms with Crippen LogP contribution in [0.3, 0.4) is 0 Å². The van der Waals surface area contributed by atoms with Crippen LogP contribution in [0.1, 0.15) is 30.8 Å². The zero-order valence-corrected chi connectivity index (χ0v) is 11.4. The molecule has 0 radical (unpaired) electrons. The van der Waals surface area contributed by atoms with Gasteiger partial charge in [-0.25, -0.2) is 0 Å². The molecule has 1 amide bonds. The molecule has 0 unspecified atom stereocenters. The SMILES string of the molecule is CCNC(=O)c1cc(N(CC)CCC(=N)N)ccn1. The molecule has 0 saturated heterocycles. The molecule has 104 valence electrons. The molecule has 1 aromatic heterocycles. The second-order valence-electron chi connectivity index (χ2n) is 4.11. The lowest BCUT2D eigenvalue weighted by Crippen LogP contribution is -2.28. The lowest BCUT2D eigenvalue weighted by molar-refractivity contribution is 0.0951. The maximum absolute atomic E-state index is 11.7. The van der Waals surface area contributed by atoms with Crippen LogP contribution in [0.5, 0.6) is 0 Å². The van der Waals surface area contributed by atoms with Crippen LogP contribution in [0.4, 0.5) is 5.69 Å². The van der Waals surface area contributed by atoms with Crippen LogP contribution in [0, 0.1) is 5.41 Å². The summed E-state index contributed by atoms with van der Waals surface area (Å²) in [6.07, 6.45) is 2.13. The van der Waals surface area contributed by atoms with Gasteiger partial charge in [0.15, 0.2) is 0 Å². The highest BCUT2D eigenvalue weighted by Crippen LogP contribution is 2.14. The molecule has 0 aromatic carbocycles. The van der Waals surface area contributed by atoms with Gasteiger partial charge < -0.3 is 16.0 Å². The quantitative estimate of drug-likeness (QED) is 0.505. The molecule has 1 heterocycles. The van der Waals surface area contributed by atoms with Crippen molar-refractivity contribution in [2.45, 2.75) is 20.3 Å². The predicted octanol–water partition coefficient (Wildman–Crippen LogP) is 0.984. The molecule has 0 saturated carbocycles. The average molecular weight is 263 g/mol. The van der Waals surface area contributed by atoms with Crippen molar-refractivity contribution in [3.8, 4) is 0 Å². The van der Waals surface area contributed by atoms with Gasteiger partial charge in [0, 0.05) is 37.9 Å². The van der Waals surface area contributed by atoms with Crippen LogP contribution in [-0.2, 0) is 0 Å². The minimum absolute atomic E-state index is 0.163. The van der Waals surface area contributed by atoms with Crippen molar-refractivity contribution in [3.63, 3.8) is 0 Å². The molecule has 0 atom stereocenters. The van der Waals surface area contributed by atoms with Crippen molar-refractivity contribution in [2.75, 3.05) is 24.5 Å². The first kappa shape index (κ1) is 14.9. The molecule has 0 aliphatic carbocycles. The third-order valence-electron chi connectivity index (χ3n) is 2.71. The highest BCUT2D eigenvalue weighted by atomic mass is 16.1. The van der Waals surface area contributed by atoms with E-state index < -0.39 is 0 Å². The Balaban J connectivity index is 2.83. The van der Waals surface area contributed by atoms with Gasteiger partial charge in [-0.3, -0.25) is 15.2 Å². The fourth-order valence-electron chi connectivity index (χ4n) is 1.72. The zero-order valence-electron chi connectivity index (χ0n) is 11.4. The topological polar surface area (TPSA) is 95.1 Å². The Hall–Kier alpha value is -2.11. The number of pyridine rings is 1. The first-order valence-electron chi connectivity index (χ1n) is 6.40. The Morgan fingerprint density at radius 3 is 2.84 bits per heavy atom. The molecule has 19 heavy (non-hydrogen) atoms. The normalized spacial score (nSPS) is 10.0. The van der Waals surface area contributed by atoms with Crippen molar-refractivity contribution in [2.24, 2.45) is 5.73 Å². The van der Waals surface area contributed by atoms with E-state index in [0.717, 1.165) is 12.2 Å². The second-order valence-corrected chi connectivity index (χ2v) is 4.11. The Morgan fingerprint density at radius 2 is 2.26 bits per heavy atom. The summed E-state index contributed by atoms with van der Waals surface area (Å²) >= 11 is 0. The van der Waals surface area contributed by atoms with Crippen LogP contribution in [-0.4, -0.2) is 36.4 Å². The highest BCUT2D eigenvalue weighted by Gasteiger charge is 2.10. The third kappa shape index (κ3) is 4.57. The van der Waals surface area contributed by atoms with Gasteiger partial charge in [-0.15, -0.1) is 0 Å². The molecule has 0 spiro atoms. The summed E-state index contributed by atoms with van der Waals surface area (Å²) in [5.41, 5.74) is 6.69.